The van der Waals surface area contributed by atoms with E-state index in [-0.39, 0.29) is 24.5 Å². The summed E-state index contributed by atoms with van der Waals surface area (Å²) in [6, 6.07) is 7.69. The summed E-state index contributed by atoms with van der Waals surface area (Å²) in [6.45, 7) is 2.95. The monoisotopic (exact) mass is 287 g/mol. The quantitative estimate of drug-likeness (QED) is 0.855. The van der Waals surface area contributed by atoms with Crippen molar-refractivity contribution in [2.45, 2.75) is 26.0 Å². The SMILES string of the molecule is CC1OCCC1C(=O)N(C)Cc1ccccc1C#CCO. The van der Waals surface area contributed by atoms with E-state index >= 15 is 0 Å². The molecular formula is C17H21NO3. The Bertz CT molecular complexity index is 559. The molecule has 112 valence electrons. The molecule has 2 rings (SSSR count). The van der Waals surface area contributed by atoms with E-state index in [1.807, 2.05) is 38.2 Å². The molecule has 1 saturated heterocycles. The Balaban J connectivity index is 2.09. The largest absolute Gasteiger partial charge is 0.384 e. The van der Waals surface area contributed by atoms with Gasteiger partial charge in [0, 0.05) is 25.8 Å². The maximum Gasteiger partial charge on any atom is 0.228 e. The molecule has 0 spiro atoms. The summed E-state index contributed by atoms with van der Waals surface area (Å²) < 4.78 is 5.47. The molecule has 1 aliphatic rings. The average Bonchev–Trinajstić information content (AvgIpc) is 2.91. The molecule has 4 heteroatoms. The van der Waals surface area contributed by atoms with Gasteiger partial charge in [0.15, 0.2) is 0 Å². The molecule has 4 nitrogen and oxygen atoms in total. The van der Waals surface area contributed by atoms with Crippen molar-refractivity contribution < 1.29 is 14.6 Å². The molecule has 1 aromatic carbocycles. The van der Waals surface area contributed by atoms with Gasteiger partial charge in [-0.3, -0.25) is 4.79 Å². The van der Waals surface area contributed by atoms with Crippen molar-refractivity contribution in [1.29, 1.82) is 0 Å². The number of hydrogen-bond donors (Lipinski definition) is 1. The molecule has 1 fully saturated rings. The van der Waals surface area contributed by atoms with E-state index in [2.05, 4.69) is 11.8 Å². The Labute approximate surface area is 125 Å². The summed E-state index contributed by atoms with van der Waals surface area (Å²) in [4.78, 5) is 14.2. The van der Waals surface area contributed by atoms with Gasteiger partial charge in [-0.2, -0.15) is 0 Å². The van der Waals surface area contributed by atoms with Crippen molar-refractivity contribution in [3.63, 3.8) is 0 Å². The highest BCUT2D eigenvalue weighted by molar-refractivity contribution is 5.79. The van der Waals surface area contributed by atoms with Crippen LogP contribution in [0, 0.1) is 17.8 Å². The Morgan fingerprint density at radius 3 is 2.90 bits per heavy atom. The fourth-order valence-electron chi connectivity index (χ4n) is 2.59. The van der Waals surface area contributed by atoms with E-state index in [4.69, 9.17) is 9.84 Å². The van der Waals surface area contributed by atoms with Crippen LogP contribution in [0.3, 0.4) is 0 Å². The summed E-state index contributed by atoms with van der Waals surface area (Å²) in [5.41, 5.74) is 1.84. The van der Waals surface area contributed by atoms with Gasteiger partial charge in [0.2, 0.25) is 5.91 Å². The van der Waals surface area contributed by atoms with E-state index in [1.54, 1.807) is 4.90 Å². The van der Waals surface area contributed by atoms with Crippen LogP contribution in [-0.4, -0.2) is 42.3 Å². The summed E-state index contributed by atoms with van der Waals surface area (Å²) >= 11 is 0. The highest BCUT2D eigenvalue weighted by atomic mass is 16.5. The topological polar surface area (TPSA) is 49.8 Å². The van der Waals surface area contributed by atoms with Crippen LogP contribution in [0.2, 0.25) is 0 Å². The van der Waals surface area contributed by atoms with Crippen LogP contribution >= 0.6 is 0 Å². The van der Waals surface area contributed by atoms with Crippen LogP contribution in [0.5, 0.6) is 0 Å². The molecule has 0 radical (unpaired) electrons. The lowest BCUT2D eigenvalue weighted by molar-refractivity contribution is -0.136. The second kappa shape index (κ2) is 7.26. The molecule has 2 atom stereocenters. The molecule has 1 aliphatic heterocycles. The van der Waals surface area contributed by atoms with Crippen LogP contribution in [-0.2, 0) is 16.1 Å². The Morgan fingerprint density at radius 1 is 1.48 bits per heavy atom. The summed E-state index contributed by atoms with van der Waals surface area (Å²) in [5, 5.41) is 8.81. The Hall–Kier alpha value is -1.83. The molecule has 1 N–H and O–H groups in total. The average molecular weight is 287 g/mol. The number of rotatable bonds is 3. The lowest BCUT2D eigenvalue weighted by Crippen LogP contribution is -2.35. The van der Waals surface area contributed by atoms with Gasteiger partial charge in [-0.15, -0.1) is 0 Å². The first kappa shape index (κ1) is 15.6. The van der Waals surface area contributed by atoms with Crippen molar-refractivity contribution in [1.82, 2.24) is 4.90 Å². The van der Waals surface area contributed by atoms with Crippen molar-refractivity contribution >= 4 is 5.91 Å². The minimum absolute atomic E-state index is 0.00984. The third-order valence-corrected chi connectivity index (χ3v) is 3.80. The van der Waals surface area contributed by atoms with Crippen LogP contribution in [0.15, 0.2) is 24.3 Å². The van der Waals surface area contributed by atoms with Gasteiger partial charge in [-0.05, 0) is 25.0 Å². The zero-order valence-corrected chi connectivity index (χ0v) is 12.5. The number of nitrogens with zero attached hydrogens (tertiary/aromatic N) is 1. The molecule has 2 unspecified atom stereocenters. The molecule has 0 aliphatic carbocycles. The normalized spacial score (nSPS) is 20.7. The van der Waals surface area contributed by atoms with Gasteiger partial charge in [0.25, 0.3) is 0 Å². The molecule has 0 saturated carbocycles. The highest BCUT2D eigenvalue weighted by Crippen LogP contribution is 2.23. The predicted molar refractivity (Wildman–Crippen MR) is 80.4 cm³/mol. The minimum Gasteiger partial charge on any atom is -0.384 e. The lowest BCUT2D eigenvalue weighted by atomic mass is 10.0. The molecule has 1 aromatic rings. The Morgan fingerprint density at radius 2 is 2.24 bits per heavy atom. The first-order chi connectivity index (χ1) is 10.1. The number of amides is 1. The zero-order chi connectivity index (χ0) is 15.2. The smallest absolute Gasteiger partial charge is 0.228 e. The van der Waals surface area contributed by atoms with Crippen LogP contribution in [0.25, 0.3) is 0 Å². The number of carbonyl (C=O) groups is 1. The van der Waals surface area contributed by atoms with E-state index in [9.17, 15) is 4.79 Å². The Kier molecular flexibility index (Phi) is 5.38. The van der Waals surface area contributed by atoms with Gasteiger partial charge >= 0.3 is 0 Å². The van der Waals surface area contributed by atoms with Crippen molar-refractivity contribution in [3.8, 4) is 11.8 Å². The second-order valence-electron chi connectivity index (χ2n) is 5.28. The summed E-state index contributed by atoms with van der Waals surface area (Å²) in [5.74, 6) is 5.64. The number of carbonyl (C=O) groups excluding carboxylic acids is 1. The van der Waals surface area contributed by atoms with Gasteiger partial charge in [0.05, 0.1) is 12.0 Å². The van der Waals surface area contributed by atoms with Gasteiger partial charge < -0.3 is 14.7 Å². The molecule has 0 bridgehead atoms. The van der Waals surface area contributed by atoms with Crippen LogP contribution < -0.4 is 0 Å². The van der Waals surface area contributed by atoms with E-state index in [1.165, 1.54) is 0 Å². The number of benzene rings is 1. The van der Waals surface area contributed by atoms with Gasteiger partial charge in [0.1, 0.15) is 6.61 Å². The minimum atomic E-state index is -0.167. The maximum absolute atomic E-state index is 12.5. The highest BCUT2D eigenvalue weighted by Gasteiger charge is 2.32. The summed E-state index contributed by atoms with van der Waals surface area (Å²) in [7, 11) is 1.81. The van der Waals surface area contributed by atoms with E-state index in [0.717, 1.165) is 17.5 Å². The zero-order valence-electron chi connectivity index (χ0n) is 12.5. The number of aliphatic hydroxyl groups is 1. The molecule has 0 aromatic heterocycles. The standard InChI is InChI=1S/C17H21NO3/c1-13-16(9-11-21-13)17(20)18(2)12-15-7-4-3-6-14(15)8-5-10-19/h3-4,6-7,13,16,19H,9-12H2,1-2H3. The molecular weight excluding hydrogens is 266 g/mol. The summed E-state index contributed by atoms with van der Waals surface area (Å²) in [6.07, 6.45) is 0.778. The predicted octanol–water partition coefficient (Wildman–Crippen LogP) is 1.41. The molecule has 1 heterocycles. The number of ether oxygens (including phenoxy) is 1. The van der Waals surface area contributed by atoms with Crippen molar-refractivity contribution in [3.05, 3.63) is 35.4 Å². The van der Waals surface area contributed by atoms with Gasteiger partial charge in [-0.25, -0.2) is 0 Å². The van der Waals surface area contributed by atoms with Crippen LogP contribution in [0.4, 0.5) is 0 Å². The number of hydrogen-bond acceptors (Lipinski definition) is 3. The molecule has 1 amide bonds. The van der Waals surface area contributed by atoms with Gasteiger partial charge in [-0.1, -0.05) is 30.0 Å². The lowest BCUT2D eigenvalue weighted by Gasteiger charge is -2.23. The van der Waals surface area contributed by atoms with E-state index in [0.29, 0.717) is 13.2 Å². The number of aliphatic hydroxyl groups excluding tert-OH is 1. The van der Waals surface area contributed by atoms with Crippen molar-refractivity contribution in [2.75, 3.05) is 20.3 Å². The maximum atomic E-state index is 12.5. The first-order valence-electron chi connectivity index (χ1n) is 7.17. The second-order valence-corrected chi connectivity index (χ2v) is 5.28. The third-order valence-electron chi connectivity index (χ3n) is 3.80. The third kappa shape index (κ3) is 3.84. The van der Waals surface area contributed by atoms with Crippen molar-refractivity contribution in [2.24, 2.45) is 5.92 Å². The van der Waals surface area contributed by atoms with E-state index < -0.39 is 0 Å². The fraction of sp³-hybridized carbons (Fsp3) is 0.471. The molecule has 21 heavy (non-hydrogen) atoms. The fourth-order valence-corrected chi connectivity index (χ4v) is 2.59. The first-order valence-corrected chi connectivity index (χ1v) is 7.17. The van der Waals surface area contributed by atoms with Crippen LogP contribution in [0.1, 0.15) is 24.5 Å².